The number of nitrogens with one attached hydrogen (secondary N) is 1. The van der Waals surface area contributed by atoms with E-state index in [0.717, 1.165) is 11.3 Å². The van der Waals surface area contributed by atoms with E-state index in [1.165, 1.54) is 0 Å². The van der Waals surface area contributed by atoms with Crippen LogP contribution >= 0.6 is 0 Å². The second kappa shape index (κ2) is 9.12. The van der Waals surface area contributed by atoms with Crippen molar-refractivity contribution in [2.45, 2.75) is 19.4 Å². The number of urea groups is 1. The third-order valence-electron chi connectivity index (χ3n) is 3.99. The summed E-state index contributed by atoms with van der Waals surface area (Å²) in [7, 11) is 1.63. The molecule has 1 saturated heterocycles. The van der Waals surface area contributed by atoms with E-state index in [9.17, 15) is 9.59 Å². The first-order valence-corrected chi connectivity index (χ1v) is 8.06. The number of hydrogen-bond acceptors (Lipinski definition) is 4. The van der Waals surface area contributed by atoms with E-state index in [1.54, 1.807) is 12.0 Å². The minimum absolute atomic E-state index is 0.200. The van der Waals surface area contributed by atoms with Gasteiger partial charge in [-0.3, -0.25) is 4.79 Å². The highest BCUT2D eigenvalue weighted by Gasteiger charge is 2.30. The van der Waals surface area contributed by atoms with Gasteiger partial charge in [0.25, 0.3) is 0 Å². The highest BCUT2D eigenvalue weighted by molar-refractivity contribution is 5.77. The minimum atomic E-state index is -0.836. The normalized spacial score (nSPS) is 16.9. The zero-order valence-electron chi connectivity index (χ0n) is 13.9. The molecule has 1 aromatic rings. The molecule has 2 rings (SSSR count). The van der Waals surface area contributed by atoms with E-state index >= 15 is 0 Å². The Kier molecular flexibility index (Phi) is 6.87. The van der Waals surface area contributed by atoms with Gasteiger partial charge in [0.15, 0.2) is 0 Å². The van der Waals surface area contributed by atoms with Gasteiger partial charge in [-0.1, -0.05) is 12.1 Å². The predicted octanol–water partition coefficient (Wildman–Crippen LogP) is 1.72. The molecular formula is C17H24N2O5. The summed E-state index contributed by atoms with van der Waals surface area (Å²) in [6, 6.07) is 7.48. The average Bonchev–Trinajstić information content (AvgIpc) is 3.09. The monoisotopic (exact) mass is 336 g/mol. The first kappa shape index (κ1) is 18.1. The van der Waals surface area contributed by atoms with E-state index in [2.05, 4.69) is 5.32 Å². The second-order valence-corrected chi connectivity index (χ2v) is 5.76. The minimum Gasteiger partial charge on any atom is -0.497 e. The number of hydrogen-bond donors (Lipinski definition) is 2. The van der Waals surface area contributed by atoms with Crippen molar-refractivity contribution in [3.05, 3.63) is 29.8 Å². The zero-order chi connectivity index (χ0) is 17.4. The molecule has 1 heterocycles. The molecule has 0 spiro atoms. The van der Waals surface area contributed by atoms with Crippen LogP contribution in [-0.2, 0) is 16.1 Å². The standard InChI is InChI=1S/C17H24N2O5/c1-23-15-5-3-13(4-6-15)12-24-10-2-8-18-17(22)19-9-7-14(11-19)16(20)21/h3-6,14H,2,7-12H2,1H3,(H,18,22)(H,20,21). The van der Waals surface area contributed by atoms with Crippen LogP contribution in [0.2, 0.25) is 0 Å². The van der Waals surface area contributed by atoms with Gasteiger partial charge in [0.2, 0.25) is 0 Å². The average molecular weight is 336 g/mol. The van der Waals surface area contributed by atoms with E-state index < -0.39 is 11.9 Å². The van der Waals surface area contributed by atoms with E-state index in [-0.39, 0.29) is 12.6 Å². The van der Waals surface area contributed by atoms with Crippen molar-refractivity contribution >= 4 is 12.0 Å². The zero-order valence-corrected chi connectivity index (χ0v) is 13.9. The van der Waals surface area contributed by atoms with Crippen molar-refractivity contribution in [2.24, 2.45) is 5.92 Å². The van der Waals surface area contributed by atoms with Crippen molar-refractivity contribution in [3.8, 4) is 5.75 Å². The van der Waals surface area contributed by atoms with Crippen molar-refractivity contribution < 1.29 is 24.2 Å². The molecule has 132 valence electrons. The fourth-order valence-corrected chi connectivity index (χ4v) is 2.54. The molecule has 1 aromatic carbocycles. The van der Waals surface area contributed by atoms with Crippen LogP contribution in [0.3, 0.4) is 0 Å². The molecule has 1 fully saturated rings. The van der Waals surface area contributed by atoms with Crippen molar-refractivity contribution in [2.75, 3.05) is 33.4 Å². The SMILES string of the molecule is COc1ccc(COCCCNC(=O)N2CCC(C(=O)O)C2)cc1. The lowest BCUT2D eigenvalue weighted by Crippen LogP contribution is -2.39. The number of carboxylic acid groups (broad SMARTS) is 1. The van der Waals surface area contributed by atoms with Crippen molar-refractivity contribution in [3.63, 3.8) is 0 Å². The maximum absolute atomic E-state index is 11.9. The van der Waals surface area contributed by atoms with Gasteiger partial charge in [0, 0.05) is 26.2 Å². The molecule has 7 nitrogen and oxygen atoms in total. The Labute approximate surface area is 141 Å². The predicted molar refractivity (Wildman–Crippen MR) is 88.0 cm³/mol. The summed E-state index contributed by atoms with van der Waals surface area (Å²) in [5, 5.41) is 11.7. The Morgan fingerprint density at radius 1 is 1.33 bits per heavy atom. The van der Waals surface area contributed by atoms with Crippen molar-refractivity contribution in [1.82, 2.24) is 10.2 Å². The smallest absolute Gasteiger partial charge is 0.317 e. The van der Waals surface area contributed by atoms with Crippen LogP contribution in [0.5, 0.6) is 5.75 Å². The van der Waals surface area contributed by atoms with E-state index in [1.807, 2.05) is 24.3 Å². The molecule has 1 unspecified atom stereocenters. The summed E-state index contributed by atoms with van der Waals surface area (Å²) in [5.41, 5.74) is 1.07. The fraction of sp³-hybridized carbons (Fsp3) is 0.529. The highest BCUT2D eigenvalue weighted by Crippen LogP contribution is 2.16. The van der Waals surface area contributed by atoms with Crippen LogP contribution in [0.4, 0.5) is 4.79 Å². The molecule has 1 aliphatic rings. The third-order valence-corrected chi connectivity index (χ3v) is 3.99. The molecule has 0 saturated carbocycles. The van der Waals surface area contributed by atoms with Crippen molar-refractivity contribution in [1.29, 1.82) is 0 Å². The molecule has 1 atom stereocenters. The number of carboxylic acids is 1. The van der Waals surface area contributed by atoms with Gasteiger partial charge in [0.1, 0.15) is 5.75 Å². The van der Waals surface area contributed by atoms with Crippen LogP contribution in [0, 0.1) is 5.92 Å². The lowest BCUT2D eigenvalue weighted by Gasteiger charge is -2.16. The van der Waals surface area contributed by atoms with Gasteiger partial charge in [0.05, 0.1) is 19.6 Å². The summed E-state index contributed by atoms with van der Waals surface area (Å²) in [6.07, 6.45) is 1.23. The molecule has 24 heavy (non-hydrogen) atoms. The summed E-state index contributed by atoms with van der Waals surface area (Å²) >= 11 is 0. The van der Waals surface area contributed by atoms with Crippen LogP contribution < -0.4 is 10.1 Å². The number of amides is 2. The van der Waals surface area contributed by atoms with Crippen LogP contribution in [-0.4, -0.2) is 55.4 Å². The summed E-state index contributed by atoms with van der Waals surface area (Å²) < 4.78 is 10.7. The van der Waals surface area contributed by atoms with Crippen LogP contribution in [0.15, 0.2) is 24.3 Å². The fourth-order valence-electron chi connectivity index (χ4n) is 2.54. The molecule has 7 heteroatoms. The topological polar surface area (TPSA) is 88.1 Å². The number of carbonyl (C=O) groups excluding carboxylic acids is 1. The highest BCUT2D eigenvalue weighted by atomic mass is 16.5. The summed E-state index contributed by atoms with van der Waals surface area (Å²) in [5.74, 6) is -0.464. The number of rotatable bonds is 8. The largest absolute Gasteiger partial charge is 0.497 e. The van der Waals surface area contributed by atoms with E-state index in [4.69, 9.17) is 14.6 Å². The molecule has 0 radical (unpaired) electrons. The third kappa shape index (κ3) is 5.42. The quantitative estimate of drug-likeness (QED) is 0.706. The van der Waals surface area contributed by atoms with Crippen LogP contribution in [0.1, 0.15) is 18.4 Å². The van der Waals surface area contributed by atoms with Gasteiger partial charge in [-0.25, -0.2) is 4.79 Å². The Morgan fingerprint density at radius 2 is 2.08 bits per heavy atom. The molecule has 0 aromatic heterocycles. The second-order valence-electron chi connectivity index (χ2n) is 5.76. The summed E-state index contributed by atoms with van der Waals surface area (Å²) in [4.78, 5) is 24.3. The number of aliphatic carboxylic acids is 1. The van der Waals surface area contributed by atoms with Gasteiger partial charge >= 0.3 is 12.0 Å². The molecular weight excluding hydrogens is 312 g/mol. The van der Waals surface area contributed by atoms with Gasteiger partial charge in [-0.2, -0.15) is 0 Å². The molecule has 0 aliphatic carbocycles. The maximum Gasteiger partial charge on any atom is 0.317 e. The Bertz CT molecular complexity index is 546. The van der Waals surface area contributed by atoms with Gasteiger partial charge < -0.3 is 24.8 Å². The first-order chi connectivity index (χ1) is 11.6. The Hall–Kier alpha value is -2.28. The number of benzene rings is 1. The molecule has 0 bridgehead atoms. The number of carbonyl (C=O) groups is 2. The molecule has 2 amide bonds. The number of likely N-dealkylation sites (tertiary alicyclic amines) is 1. The lowest BCUT2D eigenvalue weighted by molar-refractivity contribution is -0.141. The first-order valence-electron chi connectivity index (χ1n) is 8.06. The number of nitrogens with zero attached hydrogens (tertiary/aromatic N) is 1. The van der Waals surface area contributed by atoms with E-state index in [0.29, 0.717) is 39.1 Å². The van der Waals surface area contributed by atoms with Gasteiger partial charge in [-0.15, -0.1) is 0 Å². The number of ether oxygens (including phenoxy) is 2. The lowest BCUT2D eigenvalue weighted by atomic mass is 10.1. The molecule has 2 N–H and O–H groups in total. The Balaban J connectivity index is 1.54. The molecule has 1 aliphatic heterocycles. The maximum atomic E-state index is 11.9. The number of methoxy groups -OCH3 is 1. The van der Waals surface area contributed by atoms with Gasteiger partial charge in [-0.05, 0) is 30.5 Å². The Morgan fingerprint density at radius 3 is 2.71 bits per heavy atom. The van der Waals surface area contributed by atoms with Crippen LogP contribution in [0.25, 0.3) is 0 Å². The summed E-state index contributed by atoms with van der Waals surface area (Å²) in [6.45, 7) is 2.36.